The Labute approximate surface area is 338 Å². The molecule has 1 aliphatic rings. The number of rotatable bonds is 6. The van der Waals surface area contributed by atoms with Gasteiger partial charge in [0.1, 0.15) is 11.2 Å². The Balaban J connectivity index is 1.14. The quantitative estimate of drug-likeness (QED) is 0.170. The first kappa shape index (κ1) is 33.9. The molecule has 0 amide bonds. The van der Waals surface area contributed by atoms with Crippen LogP contribution in [0.5, 0.6) is 0 Å². The zero-order valence-corrected chi connectivity index (χ0v) is 32.3. The molecule has 11 rings (SSSR count). The summed E-state index contributed by atoms with van der Waals surface area (Å²) in [7, 11) is 0. The summed E-state index contributed by atoms with van der Waals surface area (Å²) in [5.41, 5.74) is 18.4. The van der Waals surface area contributed by atoms with Crippen molar-refractivity contribution < 1.29 is 4.42 Å². The second-order valence-corrected chi connectivity index (χ2v) is 15.8. The number of nitrogens with zero attached hydrogens (tertiary/aromatic N) is 2. The maximum Gasteiger partial charge on any atom is 0.160 e. The molecule has 2 heterocycles. The fourth-order valence-corrected chi connectivity index (χ4v) is 8.95. The molecule has 8 aromatic carbocycles. The fraction of sp³-hybridized carbons (Fsp3) is 0.0545. The van der Waals surface area contributed by atoms with E-state index in [1.165, 1.54) is 22.3 Å². The number of benzene rings is 8. The van der Waals surface area contributed by atoms with Crippen molar-refractivity contribution >= 4 is 21.9 Å². The summed E-state index contributed by atoms with van der Waals surface area (Å²) in [5.74, 6) is 0.683. The van der Waals surface area contributed by atoms with E-state index in [1.54, 1.807) is 0 Å². The lowest BCUT2D eigenvalue weighted by Crippen LogP contribution is -2.14. The molecule has 2 aromatic heterocycles. The third kappa shape index (κ3) is 5.66. The first-order valence-corrected chi connectivity index (χ1v) is 19.9. The third-order valence-corrected chi connectivity index (χ3v) is 11.9. The van der Waals surface area contributed by atoms with E-state index in [0.717, 1.165) is 83.4 Å². The number of para-hydroxylation sites is 1. The molecule has 10 aromatic rings. The molecule has 0 aliphatic heterocycles. The molecule has 58 heavy (non-hydrogen) atoms. The van der Waals surface area contributed by atoms with Gasteiger partial charge in [-0.2, -0.15) is 0 Å². The van der Waals surface area contributed by atoms with Crippen LogP contribution in [0.4, 0.5) is 0 Å². The second-order valence-electron chi connectivity index (χ2n) is 15.8. The van der Waals surface area contributed by atoms with Crippen LogP contribution in [0, 0.1) is 0 Å². The molecular formula is C55H38N2O. The summed E-state index contributed by atoms with van der Waals surface area (Å²) < 4.78 is 6.36. The minimum Gasteiger partial charge on any atom is -0.456 e. The zero-order valence-electron chi connectivity index (χ0n) is 32.3. The Morgan fingerprint density at radius 3 is 1.76 bits per heavy atom. The molecule has 1 aliphatic carbocycles. The van der Waals surface area contributed by atoms with Crippen LogP contribution in [-0.2, 0) is 5.41 Å². The highest BCUT2D eigenvalue weighted by Crippen LogP contribution is 2.50. The molecule has 0 atom stereocenters. The summed E-state index contributed by atoms with van der Waals surface area (Å²) in [6.45, 7) is 4.65. The van der Waals surface area contributed by atoms with Gasteiger partial charge in [-0.3, -0.25) is 0 Å². The van der Waals surface area contributed by atoms with Gasteiger partial charge in [-0.15, -0.1) is 0 Å². The highest BCUT2D eigenvalue weighted by Gasteiger charge is 2.35. The standard InChI is InChI=1S/C55H38N2O/c1-55(2)47-24-11-9-21-44(47)45-28-27-38(33-48(45)55)49-34-50(57-54(56-49)39-20-13-19-37(29-39)35-15-5-3-6-16-35)42-31-40(36-17-7-4-8-18-36)30-41(32-42)43-23-14-26-52-53(43)46-22-10-12-25-51(46)58-52/h3-34H,1-2H3. The lowest BCUT2D eigenvalue weighted by atomic mass is 9.82. The van der Waals surface area contributed by atoms with Gasteiger partial charge in [-0.1, -0.05) is 159 Å². The van der Waals surface area contributed by atoms with Crippen molar-refractivity contribution in [1.82, 2.24) is 9.97 Å². The van der Waals surface area contributed by atoms with Gasteiger partial charge in [-0.05, 0) is 104 Å². The number of furan rings is 1. The summed E-state index contributed by atoms with van der Waals surface area (Å²) in [6.07, 6.45) is 0. The molecule has 0 saturated carbocycles. The SMILES string of the molecule is CC1(C)c2ccccc2-c2ccc(-c3cc(-c4cc(-c5ccccc5)cc(-c5cccc6oc7ccccc7c56)c4)nc(-c4cccc(-c5ccccc5)c4)n3)cc21. The average molecular weight is 743 g/mol. The molecule has 274 valence electrons. The molecule has 0 saturated heterocycles. The van der Waals surface area contributed by atoms with Crippen molar-refractivity contribution in [1.29, 1.82) is 0 Å². The Hall–Kier alpha value is -7.36. The largest absolute Gasteiger partial charge is 0.456 e. The fourth-order valence-electron chi connectivity index (χ4n) is 8.95. The molecule has 0 unspecified atom stereocenters. The van der Waals surface area contributed by atoms with E-state index in [1.807, 2.05) is 12.1 Å². The lowest BCUT2D eigenvalue weighted by molar-refractivity contribution is 0.660. The van der Waals surface area contributed by atoms with E-state index in [4.69, 9.17) is 14.4 Å². The van der Waals surface area contributed by atoms with Gasteiger partial charge in [0.15, 0.2) is 5.82 Å². The minimum atomic E-state index is -0.137. The lowest BCUT2D eigenvalue weighted by Gasteiger charge is -2.22. The van der Waals surface area contributed by atoms with Crippen molar-refractivity contribution in [3.63, 3.8) is 0 Å². The average Bonchev–Trinajstić information content (AvgIpc) is 3.78. The van der Waals surface area contributed by atoms with Crippen LogP contribution in [-0.4, -0.2) is 9.97 Å². The van der Waals surface area contributed by atoms with E-state index >= 15 is 0 Å². The highest BCUT2D eigenvalue weighted by molar-refractivity contribution is 6.12. The van der Waals surface area contributed by atoms with E-state index in [9.17, 15) is 0 Å². The number of hydrogen-bond acceptors (Lipinski definition) is 3. The maximum atomic E-state index is 6.36. The number of hydrogen-bond donors (Lipinski definition) is 0. The van der Waals surface area contributed by atoms with Crippen LogP contribution in [0.25, 0.3) is 100 Å². The van der Waals surface area contributed by atoms with Gasteiger partial charge < -0.3 is 4.42 Å². The van der Waals surface area contributed by atoms with Crippen molar-refractivity contribution in [2.45, 2.75) is 19.3 Å². The molecule has 3 nitrogen and oxygen atoms in total. The molecule has 0 bridgehead atoms. The number of aromatic nitrogens is 2. The summed E-state index contributed by atoms with van der Waals surface area (Å²) in [6, 6.07) is 69.0. The Kier molecular flexibility index (Phi) is 7.84. The van der Waals surface area contributed by atoms with Crippen LogP contribution in [0.1, 0.15) is 25.0 Å². The van der Waals surface area contributed by atoms with E-state index < -0.39 is 0 Å². The van der Waals surface area contributed by atoms with Gasteiger partial charge in [-0.25, -0.2) is 9.97 Å². The van der Waals surface area contributed by atoms with E-state index in [0.29, 0.717) is 5.82 Å². The predicted molar refractivity (Wildman–Crippen MR) is 239 cm³/mol. The third-order valence-electron chi connectivity index (χ3n) is 11.9. The van der Waals surface area contributed by atoms with E-state index in [-0.39, 0.29) is 5.41 Å². The minimum absolute atomic E-state index is 0.137. The number of fused-ring (bicyclic) bond motifs is 6. The predicted octanol–water partition coefficient (Wildman–Crippen LogP) is 14.7. The van der Waals surface area contributed by atoms with Crippen LogP contribution >= 0.6 is 0 Å². The van der Waals surface area contributed by atoms with E-state index in [2.05, 4.69) is 196 Å². The van der Waals surface area contributed by atoms with Gasteiger partial charge >= 0.3 is 0 Å². The molecule has 0 N–H and O–H groups in total. The molecule has 0 spiro atoms. The van der Waals surface area contributed by atoms with Crippen molar-refractivity contribution in [3.8, 4) is 78.4 Å². The monoisotopic (exact) mass is 742 g/mol. The first-order valence-electron chi connectivity index (χ1n) is 19.9. The highest BCUT2D eigenvalue weighted by atomic mass is 16.3. The van der Waals surface area contributed by atoms with Crippen LogP contribution in [0.3, 0.4) is 0 Å². The zero-order chi connectivity index (χ0) is 38.8. The van der Waals surface area contributed by atoms with Crippen molar-refractivity contribution in [3.05, 3.63) is 205 Å². The van der Waals surface area contributed by atoms with Gasteiger partial charge in [0, 0.05) is 32.9 Å². The second kappa shape index (κ2) is 13.4. The summed E-state index contributed by atoms with van der Waals surface area (Å²) in [4.78, 5) is 10.8. The van der Waals surface area contributed by atoms with Crippen LogP contribution < -0.4 is 0 Å². The molecule has 3 heteroatoms. The Morgan fingerprint density at radius 1 is 0.362 bits per heavy atom. The summed E-state index contributed by atoms with van der Waals surface area (Å²) in [5, 5.41) is 2.21. The van der Waals surface area contributed by atoms with Crippen molar-refractivity contribution in [2.24, 2.45) is 0 Å². The molecular weight excluding hydrogens is 705 g/mol. The molecule has 0 fully saturated rings. The summed E-state index contributed by atoms with van der Waals surface area (Å²) >= 11 is 0. The Morgan fingerprint density at radius 2 is 0.931 bits per heavy atom. The molecule has 0 radical (unpaired) electrons. The van der Waals surface area contributed by atoms with Gasteiger partial charge in [0.05, 0.1) is 11.4 Å². The smallest absolute Gasteiger partial charge is 0.160 e. The normalized spacial score (nSPS) is 12.8. The van der Waals surface area contributed by atoms with Gasteiger partial charge in [0.25, 0.3) is 0 Å². The first-order chi connectivity index (χ1) is 28.5. The topological polar surface area (TPSA) is 38.9 Å². The van der Waals surface area contributed by atoms with Gasteiger partial charge in [0.2, 0.25) is 0 Å². The Bertz CT molecular complexity index is 3190. The maximum absolute atomic E-state index is 6.36. The van der Waals surface area contributed by atoms with Crippen LogP contribution in [0.15, 0.2) is 199 Å². The van der Waals surface area contributed by atoms with Crippen molar-refractivity contribution in [2.75, 3.05) is 0 Å². The van der Waals surface area contributed by atoms with Crippen LogP contribution in [0.2, 0.25) is 0 Å².